The quantitative estimate of drug-likeness (QED) is 0.0701. The minimum Gasteiger partial charge on any atom is -0.308 e. The summed E-state index contributed by atoms with van der Waals surface area (Å²) in [5, 5.41) is 43.7. The molecule has 144 heavy (non-hydrogen) atoms. The third kappa shape index (κ3) is 17.2. The predicted molar refractivity (Wildman–Crippen MR) is 549 cm³/mol. The fraction of sp³-hybridized carbons (Fsp3) is 0.0331. The molecule has 0 N–H and O–H groups in total. The standard InChI is InChI=1S/C65H33F3N10.C56H32F3N7/c1-38-13-11-18-42(25-38)51-32-46(64-76-62(40-14-7-5-8-15-40)75-63(77-64)41-16-9-6-10-17-41)33-52(43-19-12-20-49(28-43)65(66,67)68)61(51)78-57-23-21-44(59-47(36-70)26-39(35-69)27-55(59)73-3)30-53(57)54-31-45(22-24-58(54)78)60-48(37-71)29-50(72-2)34-56(60)74-4;1-34-14-12-19-37(26-34)45-30-40(55-64-53(35-15-6-4-7-16-35)63-54(65-55)36-17-8-5-9-18-36)31-46(38-20-13-21-42(27-38)56(57,58)59)52(45)66-49-23-11-10-22-44(49)47-29-39(24-25-50(47)66)51-41(33-60)28-43(61-2)32-48(51)62-3/h5-34H,1H3;4-32H,1H3. The lowest BCUT2D eigenvalue weighted by atomic mass is 9.91. The van der Waals surface area contributed by atoms with E-state index >= 15 is 0 Å². The number of aryl methyl sites for hydroxylation is 2. The van der Waals surface area contributed by atoms with E-state index in [9.17, 15) is 47.4 Å². The number of halogens is 6. The van der Waals surface area contributed by atoms with Crippen LogP contribution in [0.25, 0.3) is 225 Å². The second kappa shape index (κ2) is 37.8. The zero-order valence-corrected chi connectivity index (χ0v) is 75.9. The number of rotatable bonds is 15. The van der Waals surface area contributed by atoms with Crippen LogP contribution in [0.15, 0.2) is 358 Å². The number of nitriles is 4. The van der Waals surface area contributed by atoms with E-state index in [2.05, 4.69) is 47.0 Å². The number of para-hydroxylation sites is 1. The highest BCUT2D eigenvalue weighted by molar-refractivity contribution is 6.15. The summed E-state index contributed by atoms with van der Waals surface area (Å²) in [7, 11) is 0. The maximum atomic E-state index is 14.9. The molecule has 0 aliphatic heterocycles. The number of alkyl halides is 6. The van der Waals surface area contributed by atoms with E-state index in [-0.39, 0.29) is 62.1 Å². The fourth-order valence-electron chi connectivity index (χ4n) is 18.5. The van der Waals surface area contributed by atoms with Crippen LogP contribution in [-0.2, 0) is 12.4 Å². The highest BCUT2D eigenvalue weighted by atomic mass is 19.4. The molecule has 0 aliphatic rings. The molecule has 676 valence electrons. The lowest BCUT2D eigenvalue weighted by molar-refractivity contribution is -0.138. The molecule has 21 rings (SSSR count). The van der Waals surface area contributed by atoms with Crippen molar-refractivity contribution >= 4 is 72.0 Å². The molecule has 0 aliphatic carbocycles. The van der Waals surface area contributed by atoms with E-state index in [1.54, 1.807) is 30.3 Å². The molecule has 0 atom stereocenters. The van der Waals surface area contributed by atoms with E-state index in [4.69, 9.17) is 62.8 Å². The van der Waals surface area contributed by atoms with Gasteiger partial charge in [0.15, 0.2) is 63.4 Å². The van der Waals surface area contributed by atoms with Crippen LogP contribution in [0.3, 0.4) is 0 Å². The van der Waals surface area contributed by atoms with Crippen LogP contribution in [0, 0.1) is 92.0 Å². The third-order valence-electron chi connectivity index (χ3n) is 25.0. The lowest BCUT2D eigenvalue weighted by Crippen LogP contribution is -2.06. The minimum absolute atomic E-state index is 0.0722. The summed E-state index contributed by atoms with van der Waals surface area (Å²) in [5.74, 6) is 2.21. The van der Waals surface area contributed by atoms with Gasteiger partial charge in [-0.05, 0) is 168 Å². The van der Waals surface area contributed by atoms with Gasteiger partial charge in [-0.1, -0.05) is 254 Å². The van der Waals surface area contributed by atoms with Crippen molar-refractivity contribution in [2.45, 2.75) is 26.2 Å². The number of aromatic nitrogens is 8. The minimum atomic E-state index is -4.71. The van der Waals surface area contributed by atoms with E-state index in [0.717, 1.165) is 78.9 Å². The topological polar surface area (TPSA) is 204 Å². The molecule has 0 radical (unpaired) electrons. The molecule has 0 saturated carbocycles. The first-order valence-corrected chi connectivity index (χ1v) is 44.8. The Hall–Kier alpha value is -20.7. The zero-order chi connectivity index (χ0) is 99.8. The van der Waals surface area contributed by atoms with E-state index in [1.807, 2.05) is 279 Å². The molecule has 21 aromatic rings. The lowest BCUT2D eigenvalue weighted by Gasteiger charge is -2.22. The van der Waals surface area contributed by atoms with Gasteiger partial charge in [-0.15, -0.1) is 0 Å². The fourth-order valence-corrected chi connectivity index (χ4v) is 18.5. The van der Waals surface area contributed by atoms with Crippen LogP contribution in [0.4, 0.5) is 54.8 Å². The summed E-state index contributed by atoms with van der Waals surface area (Å²) in [6.07, 6.45) is -9.34. The van der Waals surface area contributed by atoms with Crippen LogP contribution < -0.4 is 0 Å². The molecule has 4 aromatic heterocycles. The molecular formula is C121H65F6N17. The van der Waals surface area contributed by atoms with Crippen molar-refractivity contribution in [1.29, 1.82) is 21.0 Å². The Morgan fingerprint density at radius 1 is 0.250 bits per heavy atom. The largest absolute Gasteiger partial charge is 0.416 e. The summed E-state index contributed by atoms with van der Waals surface area (Å²) in [5.41, 5.74) is 15.8. The molecule has 0 bridgehead atoms. The highest BCUT2D eigenvalue weighted by Gasteiger charge is 2.35. The van der Waals surface area contributed by atoms with Gasteiger partial charge in [-0.2, -0.15) is 47.4 Å². The highest BCUT2D eigenvalue weighted by Crippen LogP contribution is 2.52. The predicted octanol–water partition coefficient (Wildman–Crippen LogP) is 32.5. The number of nitrogens with zero attached hydrogens (tertiary/aromatic N) is 17. The first kappa shape index (κ1) is 91.1. The molecule has 0 saturated heterocycles. The van der Waals surface area contributed by atoms with E-state index in [0.29, 0.717) is 140 Å². The zero-order valence-electron chi connectivity index (χ0n) is 75.9. The maximum absolute atomic E-state index is 14.9. The molecule has 0 unspecified atom stereocenters. The molecule has 0 fully saturated rings. The third-order valence-corrected chi connectivity index (χ3v) is 25.0. The molecule has 23 heteroatoms. The van der Waals surface area contributed by atoms with E-state index in [1.165, 1.54) is 54.6 Å². The number of hydrogen-bond donors (Lipinski definition) is 0. The van der Waals surface area contributed by atoms with Crippen molar-refractivity contribution in [1.82, 2.24) is 39.0 Å². The van der Waals surface area contributed by atoms with Crippen molar-refractivity contribution in [3.63, 3.8) is 0 Å². The van der Waals surface area contributed by atoms with Crippen molar-refractivity contribution in [2.75, 3.05) is 0 Å². The van der Waals surface area contributed by atoms with Gasteiger partial charge in [0.2, 0.25) is 0 Å². The second-order valence-electron chi connectivity index (χ2n) is 33.9. The van der Waals surface area contributed by atoms with Crippen LogP contribution in [0.5, 0.6) is 0 Å². The van der Waals surface area contributed by atoms with Gasteiger partial charge >= 0.3 is 12.4 Å². The molecule has 17 aromatic carbocycles. The van der Waals surface area contributed by atoms with E-state index < -0.39 is 23.5 Å². The van der Waals surface area contributed by atoms with Crippen molar-refractivity contribution in [3.05, 3.63) is 460 Å². The summed E-state index contributed by atoms with van der Waals surface area (Å²) in [4.78, 5) is 48.2. The Kier molecular flexibility index (Phi) is 23.9. The SMILES string of the molecule is [C-]#[N+]c1cc(C#N)c(-c2ccc3c(c2)c2cc(-c4c(C#N)cc(C#N)cc4[N+]#[C-])ccc2n3-c2c(-c3cccc(C)c3)cc(-c3nc(-c4ccccc4)nc(-c4ccccc4)n3)cc2-c2cccc(C(F)(F)F)c2)c([N+]#[C-])c1.[C-]#[N+]c1cc(C#N)c(-c2ccc3c(c2)c2ccccc2n3-c2c(-c3cccc(C)c3)cc(-c3nc(-c4ccccc4)nc(-c4ccccc4)n3)cc2-c2cccc(C(F)(F)F)c2)c([N+]#[C-])c1. The summed E-state index contributed by atoms with van der Waals surface area (Å²) < 4.78 is 92.8. The number of fused-ring (bicyclic) bond motifs is 6. The van der Waals surface area contributed by atoms with Crippen molar-refractivity contribution in [3.8, 4) is 182 Å². The van der Waals surface area contributed by atoms with Crippen molar-refractivity contribution < 1.29 is 26.3 Å². The van der Waals surface area contributed by atoms with Crippen molar-refractivity contribution in [2.24, 2.45) is 0 Å². The molecule has 4 heterocycles. The molecule has 0 spiro atoms. The first-order chi connectivity index (χ1) is 70.0. The monoisotopic (exact) mass is 1870 g/mol. The van der Waals surface area contributed by atoms with Crippen LogP contribution in [0.1, 0.15) is 44.5 Å². The Morgan fingerprint density at radius 3 is 0.861 bits per heavy atom. The Morgan fingerprint density at radius 2 is 0.542 bits per heavy atom. The average molecular weight is 1870 g/mol. The number of hydrogen-bond acceptors (Lipinski definition) is 10. The van der Waals surface area contributed by atoms with Gasteiger partial charge in [0.25, 0.3) is 0 Å². The molecule has 17 nitrogen and oxygen atoms in total. The summed E-state index contributed by atoms with van der Waals surface area (Å²) in [6, 6.07) is 113. The normalized spacial score (nSPS) is 11.1. The second-order valence-corrected chi connectivity index (χ2v) is 33.9. The Labute approximate surface area is 821 Å². The van der Waals surface area contributed by atoms with Gasteiger partial charge in [-0.25, -0.2) is 54.1 Å². The number of benzene rings is 17. The Bertz CT molecular complexity index is 8960. The molecule has 0 amide bonds. The molecular weight excluding hydrogens is 1810 g/mol. The first-order valence-electron chi connectivity index (χ1n) is 44.8. The van der Waals surface area contributed by atoms with Crippen LogP contribution >= 0.6 is 0 Å². The maximum Gasteiger partial charge on any atom is 0.416 e. The summed E-state index contributed by atoms with van der Waals surface area (Å²) in [6.45, 7) is 43.4. The van der Waals surface area contributed by atoms with Gasteiger partial charge in [0, 0.05) is 111 Å². The van der Waals surface area contributed by atoms with Gasteiger partial charge in [0.05, 0.1) is 107 Å². The smallest absolute Gasteiger partial charge is 0.308 e. The Balaban J connectivity index is 0.000000178. The average Bonchev–Trinajstić information content (AvgIpc) is 1.57. The van der Waals surface area contributed by atoms with Gasteiger partial charge in [0.1, 0.15) is 0 Å². The van der Waals surface area contributed by atoms with Gasteiger partial charge in [-0.3, -0.25) is 0 Å². The van der Waals surface area contributed by atoms with Crippen LogP contribution in [-0.4, -0.2) is 39.0 Å². The van der Waals surface area contributed by atoms with Crippen LogP contribution in [0.2, 0.25) is 0 Å². The van der Waals surface area contributed by atoms with Gasteiger partial charge < -0.3 is 9.13 Å². The summed E-state index contributed by atoms with van der Waals surface area (Å²) >= 11 is 0.